The predicted molar refractivity (Wildman–Crippen MR) is 107 cm³/mol. The van der Waals surface area contributed by atoms with Gasteiger partial charge in [-0.05, 0) is 65.3 Å². The highest BCUT2D eigenvalue weighted by atomic mass is 79.9. The van der Waals surface area contributed by atoms with Gasteiger partial charge in [-0.2, -0.15) is 8.42 Å². The molecule has 0 amide bonds. The molecule has 0 saturated carbocycles. The van der Waals surface area contributed by atoms with Gasteiger partial charge in [-0.15, -0.1) is 0 Å². The van der Waals surface area contributed by atoms with E-state index in [1.807, 2.05) is 19.1 Å². The predicted octanol–water partition coefficient (Wildman–Crippen LogP) is 5.72. The van der Waals surface area contributed by atoms with E-state index in [1.54, 1.807) is 36.4 Å². The van der Waals surface area contributed by atoms with Crippen LogP contribution in [0.3, 0.4) is 0 Å². The largest absolute Gasteiger partial charge is 0.375 e. The normalized spacial score (nSPS) is 11.3. The van der Waals surface area contributed by atoms with Crippen molar-refractivity contribution in [3.8, 4) is 5.75 Å². The number of pyridine rings is 1. The molecule has 0 atom stereocenters. The van der Waals surface area contributed by atoms with Crippen molar-refractivity contribution in [2.75, 3.05) is 0 Å². The fraction of sp³-hybridized carbons (Fsp3) is 0.0556. The number of hydrogen-bond acceptors (Lipinski definition) is 5. The average molecular weight is 471 g/mol. The highest BCUT2D eigenvalue weighted by Gasteiger charge is 2.22. The fourth-order valence-electron chi connectivity index (χ4n) is 2.10. The van der Waals surface area contributed by atoms with Gasteiger partial charge in [0.2, 0.25) is 0 Å². The molecule has 0 saturated heterocycles. The molecule has 3 aromatic rings. The Labute approximate surface area is 169 Å². The quantitative estimate of drug-likeness (QED) is 0.446. The van der Waals surface area contributed by atoms with E-state index >= 15 is 0 Å². The molecule has 0 aliphatic carbocycles. The van der Waals surface area contributed by atoms with E-state index in [4.69, 9.17) is 15.8 Å². The molecular weight excluding hydrogens is 458 g/mol. The van der Waals surface area contributed by atoms with E-state index in [0.717, 1.165) is 10.6 Å². The third-order valence-electron chi connectivity index (χ3n) is 3.28. The van der Waals surface area contributed by atoms with E-state index in [0.29, 0.717) is 14.5 Å². The highest BCUT2D eigenvalue weighted by molar-refractivity contribution is 9.10. The first-order valence-electron chi connectivity index (χ1n) is 7.45. The van der Waals surface area contributed by atoms with Crippen LogP contribution in [-0.2, 0) is 10.1 Å². The molecule has 0 aliphatic heterocycles. The summed E-state index contributed by atoms with van der Waals surface area (Å²) in [7, 11) is -3.97. The second-order valence-corrected chi connectivity index (χ2v) is 9.19. The molecule has 0 aliphatic rings. The molecule has 0 N–H and O–H groups in total. The molecule has 0 spiro atoms. The molecule has 4 nitrogen and oxygen atoms in total. The Hall–Kier alpha value is -1.54. The minimum Gasteiger partial charge on any atom is -0.375 e. The molecule has 8 heteroatoms. The standard InChI is InChI=1S/C18H13BrClNO3S2/c1-12-11-16(19)17(24-26(22,23)15-5-3-2-4-6-15)18(21-12)25-14-9-7-13(20)8-10-14/h2-11H,1H3. The van der Waals surface area contributed by atoms with Crippen LogP contribution < -0.4 is 4.18 Å². The Morgan fingerprint density at radius 3 is 2.38 bits per heavy atom. The summed E-state index contributed by atoms with van der Waals surface area (Å²) in [6, 6.07) is 16.9. The topological polar surface area (TPSA) is 56.3 Å². The molecule has 3 rings (SSSR count). The number of halogens is 2. The lowest BCUT2D eigenvalue weighted by Gasteiger charge is -2.13. The van der Waals surface area contributed by atoms with Crippen molar-refractivity contribution < 1.29 is 12.6 Å². The molecule has 0 fully saturated rings. The van der Waals surface area contributed by atoms with Gasteiger partial charge >= 0.3 is 10.1 Å². The van der Waals surface area contributed by atoms with E-state index in [9.17, 15) is 8.42 Å². The molecule has 2 aromatic carbocycles. The Balaban J connectivity index is 2.00. The average Bonchev–Trinajstić information content (AvgIpc) is 2.61. The van der Waals surface area contributed by atoms with Crippen LogP contribution >= 0.6 is 39.3 Å². The Morgan fingerprint density at radius 1 is 1.08 bits per heavy atom. The van der Waals surface area contributed by atoms with Gasteiger partial charge in [0.25, 0.3) is 0 Å². The highest BCUT2D eigenvalue weighted by Crippen LogP contribution is 2.40. The Morgan fingerprint density at radius 2 is 1.73 bits per heavy atom. The summed E-state index contributed by atoms with van der Waals surface area (Å²) in [4.78, 5) is 5.38. The van der Waals surface area contributed by atoms with Gasteiger partial charge in [-0.3, -0.25) is 0 Å². The summed E-state index contributed by atoms with van der Waals surface area (Å²) >= 11 is 10.6. The van der Waals surface area contributed by atoms with Crippen LogP contribution in [0, 0.1) is 6.92 Å². The first-order valence-corrected chi connectivity index (χ1v) is 10.8. The fourth-order valence-corrected chi connectivity index (χ4v) is 5.02. The van der Waals surface area contributed by atoms with Gasteiger partial charge in [0.05, 0.1) is 4.47 Å². The zero-order valence-corrected chi connectivity index (χ0v) is 17.5. The molecule has 0 radical (unpaired) electrons. The number of rotatable bonds is 5. The summed E-state index contributed by atoms with van der Waals surface area (Å²) in [5.41, 5.74) is 0.734. The first-order chi connectivity index (χ1) is 12.3. The summed E-state index contributed by atoms with van der Waals surface area (Å²) in [6.45, 7) is 1.83. The summed E-state index contributed by atoms with van der Waals surface area (Å²) in [6.07, 6.45) is 0. The van der Waals surface area contributed by atoms with Crippen LogP contribution in [0.1, 0.15) is 5.69 Å². The summed E-state index contributed by atoms with van der Waals surface area (Å²) in [5.74, 6) is 0.152. The van der Waals surface area contributed by atoms with Crippen LogP contribution in [0.15, 0.2) is 80.0 Å². The molecular formula is C18H13BrClNO3S2. The maximum Gasteiger partial charge on any atom is 0.339 e. The first kappa shape index (κ1) is 19.2. The Kier molecular flexibility index (Phi) is 5.92. The second kappa shape index (κ2) is 8.00. The van der Waals surface area contributed by atoms with Crippen molar-refractivity contribution in [2.45, 2.75) is 21.7 Å². The zero-order valence-electron chi connectivity index (χ0n) is 13.5. The SMILES string of the molecule is Cc1cc(Br)c(OS(=O)(=O)c2ccccc2)c(Sc2ccc(Cl)cc2)n1. The lowest BCUT2D eigenvalue weighted by Crippen LogP contribution is -2.11. The van der Waals surface area contributed by atoms with Crippen LogP contribution in [0.5, 0.6) is 5.75 Å². The lowest BCUT2D eigenvalue weighted by atomic mass is 10.4. The molecule has 1 heterocycles. The molecule has 26 heavy (non-hydrogen) atoms. The molecule has 0 unspecified atom stereocenters. The monoisotopic (exact) mass is 469 g/mol. The van der Waals surface area contributed by atoms with Gasteiger partial charge in [0.15, 0.2) is 5.75 Å². The smallest absolute Gasteiger partial charge is 0.339 e. The molecule has 134 valence electrons. The van der Waals surface area contributed by atoms with Crippen LogP contribution in [-0.4, -0.2) is 13.4 Å². The van der Waals surface area contributed by atoms with Gasteiger partial charge < -0.3 is 4.18 Å². The molecule has 1 aromatic heterocycles. The zero-order chi connectivity index (χ0) is 18.7. The minimum atomic E-state index is -3.97. The van der Waals surface area contributed by atoms with Crippen molar-refractivity contribution in [3.05, 3.63) is 75.9 Å². The van der Waals surface area contributed by atoms with Gasteiger partial charge in [0, 0.05) is 15.6 Å². The van der Waals surface area contributed by atoms with Crippen LogP contribution in [0.2, 0.25) is 5.02 Å². The van der Waals surface area contributed by atoms with Gasteiger partial charge in [0.1, 0.15) is 9.92 Å². The van der Waals surface area contributed by atoms with E-state index < -0.39 is 10.1 Å². The number of hydrogen-bond donors (Lipinski definition) is 0. The minimum absolute atomic E-state index is 0.0786. The number of nitrogens with zero attached hydrogens (tertiary/aromatic N) is 1. The number of aryl methyl sites for hydroxylation is 1. The number of aromatic nitrogens is 1. The van der Waals surface area contributed by atoms with Crippen molar-refractivity contribution in [2.24, 2.45) is 0 Å². The third kappa shape index (κ3) is 4.59. The van der Waals surface area contributed by atoms with E-state index in [2.05, 4.69) is 20.9 Å². The van der Waals surface area contributed by atoms with Crippen molar-refractivity contribution in [1.29, 1.82) is 0 Å². The van der Waals surface area contributed by atoms with Gasteiger partial charge in [-0.25, -0.2) is 4.98 Å². The van der Waals surface area contributed by atoms with Crippen LogP contribution in [0.25, 0.3) is 0 Å². The van der Waals surface area contributed by atoms with E-state index in [1.165, 1.54) is 23.9 Å². The van der Waals surface area contributed by atoms with Crippen molar-refractivity contribution in [1.82, 2.24) is 4.98 Å². The van der Waals surface area contributed by atoms with Crippen molar-refractivity contribution in [3.63, 3.8) is 0 Å². The maximum absolute atomic E-state index is 12.6. The molecule has 0 bridgehead atoms. The summed E-state index contributed by atoms with van der Waals surface area (Å²) in [5, 5.41) is 1.06. The van der Waals surface area contributed by atoms with Crippen molar-refractivity contribution >= 4 is 49.4 Å². The number of benzene rings is 2. The van der Waals surface area contributed by atoms with Crippen LogP contribution in [0.4, 0.5) is 0 Å². The maximum atomic E-state index is 12.6. The second-order valence-electron chi connectivity index (χ2n) is 5.29. The van der Waals surface area contributed by atoms with E-state index in [-0.39, 0.29) is 10.6 Å². The Bertz CT molecular complexity index is 1030. The van der Waals surface area contributed by atoms with Gasteiger partial charge in [-0.1, -0.05) is 41.6 Å². The third-order valence-corrected chi connectivity index (χ3v) is 6.33. The lowest BCUT2D eigenvalue weighted by molar-refractivity contribution is 0.475. The summed E-state index contributed by atoms with van der Waals surface area (Å²) < 4.78 is 31.1.